The lowest BCUT2D eigenvalue weighted by atomic mass is 10.1. The first-order valence-electron chi connectivity index (χ1n) is 8.08. The third kappa shape index (κ3) is 3.35. The number of benzene rings is 2. The summed E-state index contributed by atoms with van der Waals surface area (Å²) in [5.74, 6) is -0.849. The molecule has 1 N–H and O–H groups in total. The number of para-hydroxylation sites is 1. The Morgan fingerprint density at radius 1 is 0.963 bits per heavy atom. The quantitative estimate of drug-likeness (QED) is 0.545. The van der Waals surface area contributed by atoms with E-state index in [0.29, 0.717) is 17.1 Å². The molecule has 7 heteroatoms. The summed E-state index contributed by atoms with van der Waals surface area (Å²) in [6.07, 6.45) is 1.46. The number of aromatic nitrogens is 2. The molecule has 0 spiro atoms. The zero-order valence-electron chi connectivity index (χ0n) is 13.9. The highest BCUT2D eigenvalue weighted by Gasteiger charge is 2.17. The average molecular weight is 365 g/mol. The molecule has 0 saturated heterocycles. The summed E-state index contributed by atoms with van der Waals surface area (Å²) in [5, 5.41) is 6.75. The van der Waals surface area contributed by atoms with Crippen LogP contribution in [-0.4, -0.2) is 15.8 Å². The van der Waals surface area contributed by atoms with Crippen LogP contribution < -0.4 is 5.32 Å². The fourth-order valence-electron chi connectivity index (χ4n) is 2.66. The summed E-state index contributed by atoms with van der Waals surface area (Å²) in [4.78, 5) is 12.5. The van der Waals surface area contributed by atoms with E-state index in [-0.39, 0.29) is 11.3 Å². The molecule has 0 radical (unpaired) electrons. The van der Waals surface area contributed by atoms with Gasteiger partial charge in [0.2, 0.25) is 0 Å². The predicted molar refractivity (Wildman–Crippen MR) is 96.1 cm³/mol. The summed E-state index contributed by atoms with van der Waals surface area (Å²) in [5.41, 5.74) is 1.15. The maximum Gasteiger partial charge on any atom is 0.347 e. The van der Waals surface area contributed by atoms with Gasteiger partial charge in [0.25, 0.3) is 0 Å². The Labute approximate surface area is 152 Å². The van der Waals surface area contributed by atoms with E-state index in [4.69, 9.17) is 4.42 Å². The molecule has 0 atom stereocenters. The highest BCUT2D eigenvalue weighted by Crippen LogP contribution is 2.30. The number of hydrogen-bond acceptors (Lipinski definition) is 3. The number of rotatable bonds is 3. The molecular formula is C20H13F2N3O2. The van der Waals surface area contributed by atoms with Crippen molar-refractivity contribution in [3.05, 3.63) is 84.6 Å². The molecular weight excluding hydrogens is 352 g/mol. The van der Waals surface area contributed by atoms with E-state index in [1.807, 2.05) is 6.07 Å². The first-order valence-corrected chi connectivity index (χ1v) is 8.08. The lowest BCUT2D eigenvalue weighted by molar-refractivity contribution is 0.251. The van der Waals surface area contributed by atoms with Crippen LogP contribution in [0.25, 0.3) is 22.8 Å². The molecule has 0 unspecified atom stereocenters. The molecule has 0 aliphatic carbocycles. The average Bonchev–Trinajstić information content (AvgIpc) is 3.32. The zero-order chi connectivity index (χ0) is 18.8. The van der Waals surface area contributed by atoms with E-state index in [2.05, 4.69) is 10.4 Å². The van der Waals surface area contributed by atoms with Gasteiger partial charge in [-0.1, -0.05) is 18.2 Å². The first-order chi connectivity index (χ1) is 13.1. The Balaban J connectivity index is 1.63. The van der Waals surface area contributed by atoms with Crippen LogP contribution in [0.5, 0.6) is 0 Å². The standard InChI is InChI=1S/C20H13F2N3O2/c21-13-6-7-15(16(22)12-13)18-8-9-19(27-18)17-10-11-23-25(17)20(26)24-14-4-2-1-3-5-14/h1-12H,(H,24,26). The van der Waals surface area contributed by atoms with Gasteiger partial charge in [-0.2, -0.15) is 9.78 Å². The molecule has 27 heavy (non-hydrogen) atoms. The van der Waals surface area contributed by atoms with E-state index in [1.165, 1.54) is 12.3 Å². The van der Waals surface area contributed by atoms with Gasteiger partial charge in [-0.15, -0.1) is 0 Å². The van der Waals surface area contributed by atoms with Gasteiger partial charge in [-0.3, -0.25) is 0 Å². The van der Waals surface area contributed by atoms with Crippen molar-refractivity contribution in [3.63, 3.8) is 0 Å². The fraction of sp³-hybridized carbons (Fsp3) is 0. The van der Waals surface area contributed by atoms with Crippen LogP contribution in [0.15, 0.2) is 77.3 Å². The number of halogens is 2. The number of amides is 1. The van der Waals surface area contributed by atoms with Crippen molar-refractivity contribution in [1.29, 1.82) is 0 Å². The number of hydrogen-bond donors (Lipinski definition) is 1. The maximum absolute atomic E-state index is 14.0. The highest BCUT2D eigenvalue weighted by atomic mass is 19.1. The monoisotopic (exact) mass is 365 g/mol. The summed E-state index contributed by atoms with van der Waals surface area (Å²) < 4.78 is 33.9. The summed E-state index contributed by atoms with van der Waals surface area (Å²) >= 11 is 0. The lowest BCUT2D eigenvalue weighted by Gasteiger charge is -2.07. The second-order valence-electron chi connectivity index (χ2n) is 5.71. The van der Waals surface area contributed by atoms with Gasteiger partial charge in [0.05, 0.1) is 11.8 Å². The van der Waals surface area contributed by atoms with E-state index >= 15 is 0 Å². The number of furan rings is 1. The Morgan fingerprint density at radius 3 is 2.52 bits per heavy atom. The molecule has 5 nitrogen and oxygen atoms in total. The van der Waals surface area contributed by atoms with Crippen molar-refractivity contribution < 1.29 is 18.0 Å². The molecule has 0 aliphatic heterocycles. The van der Waals surface area contributed by atoms with E-state index in [1.54, 1.807) is 42.5 Å². The summed E-state index contributed by atoms with van der Waals surface area (Å²) in [6.45, 7) is 0. The SMILES string of the molecule is O=C(Nc1ccccc1)n1nccc1-c1ccc(-c2ccc(F)cc2F)o1. The Bertz CT molecular complexity index is 1100. The molecule has 4 rings (SSSR count). The van der Waals surface area contributed by atoms with E-state index in [9.17, 15) is 13.6 Å². The minimum Gasteiger partial charge on any atom is -0.454 e. The molecule has 0 aliphatic rings. The Kier molecular flexibility index (Phi) is 4.25. The third-order valence-electron chi connectivity index (χ3n) is 3.92. The largest absolute Gasteiger partial charge is 0.454 e. The molecule has 2 aromatic heterocycles. The normalized spacial score (nSPS) is 10.7. The van der Waals surface area contributed by atoms with Gasteiger partial charge in [-0.05, 0) is 42.5 Å². The molecule has 1 amide bonds. The molecule has 2 heterocycles. The number of nitrogens with zero attached hydrogens (tertiary/aromatic N) is 2. The van der Waals surface area contributed by atoms with Crippen molar-refractivity contribution in [3.8, 4) is 22.8 Å². The van der Waals surface area contributed by atoms with Gasteiger partial charge in [-0.25, -0.2) is 13.6 Å². The van der Waals surface area contributed by atoms with Crippen LogP contribution in [0.2, 0.25) is 0 Å². The van der Waals surface area contributed by atoms with E-state index in [0.717, 1.165) is 16.8 Å². The van der Waals surface area contributed by atoms with Crippen LogP contribution in [0.4, 0.5) is 19.3 Å². The molecule has 2 aromatic carbocycles. The van der Waals surface area contributed by atoms with E-state index < -0.39 is 17.7 Å². The van der Waals surface area contributed by atoms with Gasteiger partial charge in [0.1, 0.15) is 23.1 Å². The molecule has 4 aromatic rings. The second kappa shape index (κ2) is 6.87. The minimum atomic E-state index is -0.730. The second-order valence-corrected chi connectivity index (χ2v) is 5.71. The number of carbonyl (C=O) groups excluding carboxylic acids is 1. The van der Waals surface area contributed by atoms with Crippen LogP contribution in [0, 0.1) is 11.6 Å². The minimum absolute atomic E-state index is 0.127. The number of anilines is 1. The fourth-order valence-corrected chi connectivity index (χ4v) is 2.66. The summed E-state index contributed by atoms with van der Waals surface area (Å²) in [6, 6.07) is 16.5. The van der Waals surface area contributed by atoms with Crippen molar-refractivity contribution in [2.24, 2.45) is 0 Å². The van der Waals surface area contributed by atoms with Gasteiger partial charge >= 0.3 is 6.03 Å². The molecule has 0 bridgehead atoms. The Hall–Kier alpha value is -3.74. The topological polar surface area (TPSA) is 60.1 Å². The van der Waals surface area contributed by atoms with Gasteiger partial charge in [0.15, 0.2) is 5.76 Å². The van der Waals surface area contributed by atoms with Crippen LogP contribution >= 0.6 is 0 Å². The predicted octanol–water partition coefficient (Wildman–Crippen LogP) is 5.17. The van der Waals surface area contributed by atoms with Crippen LogP contribution in [-0.2, 0) is 0 Å². The maximum atomic E-state index is 14.0. The van der Waals surface area contributed by atoms with Crippen molar-refractivity contribution in [2.45, 2.75) is 0 Å². The number of carbonyl (C=O) groups is 1. The number of nitrogens with one attached hydrogen (secondary N) is 1. The Morgan fingerprint density at radius 2 is 1.74 bits per heavy atom. The van der Waals surface area contributed by atoms with Crippen molar-refractivity contribution in [1.82, 2.24) is 9.78 Å². The smallest absolute Gasteiger partial charge is 0.347 e. The van der Waals surface area contributed by atoms with Crippen molar-refractivity contribution >= 4 is 11.7 Å². The van der Waals surface area contributed by atoms with Crippen LogP contribution in [0.3, 0.4) is 0 Å². The zero-order valence-corrected chi connectivity index (χ0v) is 13.9. The van der Waals surface area contributed by atoms with Crippen LogP contribution in [0.1, 0.15) is 0 Å². The summed E-state index contributed by atoms with van der Waals surface area (Å²) in [7, 11) is 0. The van der Waals surface area contributed by atoms with Crippen molar-refractivity contribution in [2.75, 3.05) is 5.32 Å². The molecule has 0 fully saturated rings. The molecule has 134 valence electrons. The highest BCUT2D eigenvalue weighted by molar-refractivity contribution is 5.92. The van der Waals surface area contributed by atoms with Gasteiger partial charge < -0.3 is 9.73 Å². The lowest BCUT2D eigenvalue weighted by Crippen LogP contribution is -2.21. The van der Waals surface area contributed by atoms with Gasteiger partial charge in [0, 0.05) is 11.8 Å². The first kappa shape index (κ1) is 16.7. The third-order valence-corrected chi connectivity index (χ3v) is 3.92. The molecule has 0 saturated carbocycles.